The Morgan fingerprint density at radius 1 is 0.875 bits per heavy atom. The number of hydrogen-bond acceptors (Lipinski definition) is 3. The minimum absolute atomic E-state index is 0.212. The van der Waals surface area contributed by atoms with Crippen molar-refractivity contribution >= 4 is 23.1 Å². The first-order valence-corrected chi connectivity index (χ1v) is 10.7. The summed E-state index contributed by atoms with van der Waals surface area (Å²) in [5.74, 6) is -0.629. The van der Waals surface area contributed by atoms with E-state index in [0.717, 1.165) is 42.3 Å². The summed E-state index contributed by atoms with van der Waals surface area (Å²) in [6.07, 6.45) is 4.09. The van der Waals surface area contributed by atoms with Crippen LogP contribution >= 0.6 is 0 Å². The van der Waals surface area contributed by atoms with Gasteiger partial charge in [-0.1, -0.05) is 60.7 Å². The first-order chi connectivity index (χ1) is 15.6. The van der Waals surface area contributed by atoms with Crippen LogP contribution in [0, 0.1) is 0 Å². The van der Waals surface area contributed by atoms with Crippen LogP contribution in [0.2, 0.25) is 0 Å². The molecule has 162 valence electrons. The zero-order valence-corrected chi connectivity index (χ0v) is 17.7. The molecule has 0 aliphatic carbocycles. The molecule has 1 heterocycles. The van der Waals surface area contributed by atoms with Crippen LogP contribution in [-0.2, 0) is 22.6 Å². The SMILES string of the molecule is O=C(O)C=C1C(=O)N(Cc2ccc(OCCCCc3ccccc3)cc2)c2ccccc21. The number of fused-ring (bicyclic) bond motifs is 1. The van der Waals surface area contributed by atoms with Gasteiger partial charge in [0.1, 0.15) is 5.75 Å². The van der Waals surface area contributed by atoms with Crippen LogP contribution in [0.4, 0.5) is 5.69 Å². The molecule has 3 aromatic rings. The molecule has 0 spiro atoms. The summed E-state index contributed by atoms with van der Waals surface area (Å²) < 4.78 is 5.85. The molecule has 32 heavy (non-hydrogen) atoms. The molecule has 3 aromatic carbocycles. The van der Waals surface area contributed by atoms with Crippen molar-refractivity contribution in [2.75, 3.05) is 11.5 Å². The highest BCUT2D eigenvalue weighted by molar-refractivity contribution is 6.34. The molecule has 1 aliphatic heterocycles. The molecule has 0 bridgehead atoms. The van der Waals surface area contributed by atoms with Gasteiger partial charge in [0, 0.05) is 11.6 Å². The maximum Gasteiger partial charge on any atom is 0.329 e. The fourth-order valence-corrected chi connectivity index (χ4v) is 3.87. The number of carbonyl (C=O) groups excluding carboxylic acids is 1. The highest BCUT2D eigenvalue weighted by Gasteiger charge is 2.32. The Balaban J connectivity index is 1.33. The molecule has 0 atom stereocenters. The van der Waals surface area contributed by atoms with Crippen molar-refractivity contribution < 1.29 is 19.4 Å². The Morgan fingerprint density at radius 3 is 2.34 bits per heavy atom. The van der Waals surface area contributed by atoms with Gasteiger partial charge in [-0.3, -0.25) is 4.79 Å². The van der Waals surface area contributed by atoms with E-state index in [9.17, 15) is 9.59 Å². The topological polar surface area (TPSA) is 66.8 Å². The highest BCUT2D eigenvalue weighted by Crippen LogP contribution is 2.37. The Labute approximate surface area is 187 Å². The molecule has 4 rings (SSSR count). The number of aliphatic carboxylic acids is 1. The van der Waals surface area contributed by atoms with Crippen molar-refractivity contribution in [1.82, 2.24) is 0 Å². The predicted molar refractivity (Wildman–Crippen MR) is 125 cm³/mol. The molecular formula is C27H25NO4. The van der Waals surface area contributed by atoms with Gasteiger partial charge in [0.05, 0.1) is 24.4 Å². The standard InChI is InChI=1S/C27H25NO4/c29-26(30)18-24-23-11-4-5-12-25(23)28(27(24)31)19-21-13-15-22(16-14-21)32-17-7-6-10-20-8-2-1-3-9-20/h1-5,8-9,11-16,18H,6-7,10,17,19H2,(H,29,30). The molecule has 5 nitrogen and oxygen atoms in total. The maximum atomic E-state index is 12.8. The van der Waals surface area contributed by atoms with Gasteiger partial charge in [-0.05, 0) is 48.6 Å². The number of unbranched alkanes of at least 4 members (excludes halogenated alkanes) is 1. The minimum Gasteiger partial charge on any atom is -0.494 e. The van der Waals surface area contributed by atoms with Gasteiger partial charge in [0.25, 0.3) is 5.91 Å². The van der Waals surface area contributed by atoms with Crippen molar-refractivity contribution in [3.63, 3.8) is 0 Å². The van der Waals surface area contributed by atoms with Crippen molar-refractivity contribution in [1.29, 1.82) is 0 Å². The summed E-state index contributed by atoms with van der Waals surface area (Å²) in [4.78, 5) is 25.6. The summed E-state index contributed by atoms with van der Waals surface area (Å²) in [5.41, 5.74) is 3.88. The highest BCUT2D eigenvalue weighted by atomic mass is 16.5. The van der Waals surface area contributed by atoms with Crippen LogP contribution in [0.25, 0.3) is 5.57 Å². The van der Waals surface area contributed by atoms with Gasteiger partial charge in [0.2, 0.25) is 0 Å². The number of nitrogens with zero attached hydrogens (tertiary/aromatic N) is 1. The van der Waals surface area contributed by atoms with Crippen LogP contribution in [0.15, 0.2) is 84.9 Å². The Kier molecular flexibility index (Phi) is 6.66. The van der Waals surface area contributed by atoms with Gasteiger partial charge < -0.3 is 14.7 Å². The molecule has 0 aromatic heterocycles. The zero-order valence-electron chi connectivity index (χ0n) is 17.7. The second-order valence-electron chi connectivity index (χ2n) is 7.74. The van der Waals surface area contributed by atoms with E-state index >= 15 is 0 Å². The van der Waals surface area contributed by atoms with Crippen LogP contribution in [0.1, 0.15) is 29.5 Å². The quantitative estimate of drug-likeness (QED) is 0.381. The Bertz CT molecular complexity index is 1120. The number of rotatable bonds is 9. The first kappa shape index (κ1) is 21.4. The summed E-state index contributed by atoms with van der Waals surface area (Å²) in [7, 11) is 0. The maximum absolute atomic E-state index is 12.8. The van der Waals surface area contributed by atoms with Gasteiger partial charge in [-0.2, -0.15) is 0 Å². The second-order valence-corrected chi connectivity index (χ2v) is 7.74. The lowest BCUT2D eigenvalue weighted by Crippen LogP contribution is -2.25. The first-order valence-electron chi connectivity index (χ1n) is 10.7. The van der Waals surface area contributed by atoms with E-state index in [1.54, 1.807) is 17.0 Å². The van der Waals surface area contributed by atoms with Crippen LogP contribution in [-0.4, -0.2) is 23.6 Å². The van der Waals surface area contributed by atoms with Gasteiger partial charge in [0.15, 0.2) is 0 Å². The van der Waals surface area contributed by atoms with Crippen LogP contribution in [0.3, 0.4) is 0 Å². The van der Waals surface area contributed by atoms with E-state index in [2.05, 4.69) is 24.3 Å². The van der Waals surface area contributed by atoms with Gasteiger partial charge >= 0.3 is 5.97 Å². The number of anilines is 1. The number of carbonyl (C=O) groups is 2. The average molecular weight is 428 g/mol. The Hall–Kier alpha value is -3.86. The normalized spacial score (nSPS) is 13.9. The molecule has 1 aliphatic rings. The van der Waals surface area contributed by atoms with E-state index in [0.29, 0.717) is 18.7 Å². The largest absolute Gasteiger partial charge is 0.494 e. The average Bonchev–Trinajstić information content (AvgIpc) is 3.06. The molecule has 0 fully saturated rings. The lowest BCUT2D eigenvalue weighted by molar-refractivity contribution is -0.131. The monoisotopic (exact) mass is 427 g/mol. The van der Waals surface area contributed by atoms with Crippen LogP contribution in [0.5, 0.6) is 5.75 Å². The number of ether oxygens (including phenoxy) is 1. The number of hydrogen-bond donors (Lipinski definition) is 1. The van der Waals surface area contributed by atoms with E-state index in [1.165, 1.54) is 5.56 Å². The third-order valence-corrected chi connectivity index (χ3v) is 5.46. The molecular weight excluding hydrogens is 402 g/mol. The van der Waals surface area contributed by atoms with Crippen molar-refractivity contribution in [2.45, 2.75) is 25.8 Å². The summed E-state index contributed by atoms with van der Waals surface area (Å²) in [6.45, 7) is 1.03. The van der Waals surface area contributed by atoms with Gasteiger partial charge in [-0.15, -0.1) is 0 Å². The van der Waals surface area contributed by atoms with Crippen molar-refractivity contribution in [2.24, 2.45) is 0 Å². The lowest BCUT2D eigenvalue weighted by atomic mass is 10.1. The van der Waals surface area contributed by atoms with Crippen molar-refractivity contribution in [3.8, 4) is 5.75 Å². The van der Waals surface area contributed by atoms with E-state index in [1.807, 2.05) is 42.5 Å². The molecule has 1 N–H and O–H groups in total. The number of aryl methyl sites for hydroxylation is 1. The fourth-order valence-electron chi connectivity index (χ4n) is 3.87. The molecule has 5 heteroatoms. The minimum atomic E-state index is -1.13. The van der Waals surface area contributed by atoms with E-state index in [-0.39, 0.29) is 11.5 Å². The number of carboxylic acid groups (broad SMARTS) is 1. The summed E-state index contributed by atoms with van der Waals surface area (Å²) in [5, 5.41) is 9.13. The zero-order chi connectivity index (χ0) is 22.3. The summed E-state index contributed by atoms with van der Waals surface area (Å²) >= 11 is 0. The Morgan fingerprint density at radius 2 is 1.59 bits per heavy atom. The van der Waals surface area contributed by atoms with Crippen molar-refractivity contribution in [3.05, 3.63) is 102 Å². The fraction of sp³-hybridized carbons (Fsp3) is 0.185. The smallest absolute Gasteiger partial charge is 0.329 e. The lowest BCUT2D eigenvalue weighted by Gasteiger charge is -2.17. The predicted octanol–water partition coefficient (Wildman–Crippen LogP) is 5.10. The third kappa shape index (κ3) is 5.06. The van der Waals surface area contributed by atoms with Crippen LogP contribution < -0.4 is 9.64 Å². The molecule has 0 unspecified atom stereocenters. The van der Waals surface area contributed by atoms with Gasteiger partial charge in [-0.25, -0.2) is 4.79 Å². The molecule has 0 saturated carbocycles. The summed E-state index contributed by atoms with van der Waals surface area (Å²) in [6, 6.07) is 25.4. The molecule has 0 saturated heterocycles. The number of para-hydroxylation sites is 1. The number of amides is 1. The van der Waals surface area contributed by atoms with E-state index < -0.39 is 5.97 Å². The number of carboxylic acids is 1. The number of benzene rings is 3. The van der Waals surface area contributed by atoms with E-state index in [4.69, 9.17) is 9.84 Å². The molecule has 0 radical (unpaired) electrons. The molecule has 1 amide bonds. The third-order valence-electron chi connectivity index (χ3n) is 5.46. The second kappa shape index (κ2) is 9.96.